The summed E-state index contributed by atoms with van der Waals surface area (Å²) >= 11 is 0. The van der Waals surface area contributed by atoms with Crippen molar-refractivity contribution in [2.45, 2.75) is 264 Å². The van der Waals surface area contributed by atoms with Gasteiger partial charge < -0.3 is 28.8 Å². The normalized spacial score (nSPS) is 14.4. The Morgan fingerprint density at radius 2 is 0.908 bits per heavy atom. The Labute approximate surface area is 403 Å². The van der Waals surface area contributed by atoms with Gasteiger partial charge in [-0.2, -0.15) is 0 Å². The van der Waals surface area contributed by atoms with Crippen molar-refractivity contribution in [3.05, 3.63) is 48.6 Å². The topological polar surface area (TPSA) is 108 Å². The number of likely N-dealkylation sites (N-methyl/N-ethyl adjacent to an activating group) is 1. The molecule has 0 saturated heterocycles. The van der Waals surface area contributed by atoms with Crippen molar-refractivity contribution in [1.29, 1.82) is 0 Å². The fourth-order valence-electron chi connectivity index (χ4n) is 7.91. The van der Waals surface area contributed by atoms with E-state index < -0.39 is 26.6 Å². The van der Waals surface area contributed by atoms with Gasteiger partial charge in [-0.1, -0.05) is 229 Å². The number of carbonyl (C=O) groups is 1. The molecule has 2 N–H and O–H groups in total. The Balaban J connectivity index is 4.20. The summed E-state index contributed by atoms with van der Waals surface area (Å²) < 4.78 is 23.3. The van der Waals surface area contributed by atoms with Crippen LogP contribution in [0.2, 0.25) is 0 Å². The van der Waals surface area contributed by atoms with E-state index in [1.165, 1.54) is 186 Å². The summed E-state index contributed by atoms with van der Waals surface area (Å²) in [7, 11) is 1.25. The Bertz CT molecular complexity index is 1200. The SMILES string of the molecule is CCCCCCC/C=C\C/C=C\CCCCCCCCCCCCCCCCCC(=O)NC(COP(=O)([O-])OCC[N+](C)(C)C)C(O)/C=C/CC/C=C/CCCCCCCCCCCC. The van der Waals surface area contributed by atoms with Crippen LogP contribution in [0.4, 0.5) is 0 Å². The number of amides is 1. The van der Waals surface area contributed by atoms with Gasteiger partial charge in [-0.15, -0.1) is 0 Å². The first-order valence-electron chi connectivity index (χ1n) is 27.5. The van der Waals surface area contributed by atoms with Crippen molar-refractivity contribution in [3.63, 3.8) is 0 Å². The highest BCUT2D eigenvalue weighted by Crippen LogP contribution is 2.38. The number of aliphatic hydroxyl groups is 1. The van der Waals surface area contributed by atoms with Gasteiger partial charge in [0.05, 0.1) is 39.9 Å². The number of hydrogen-bond donors (Lipinski definition) is 2. The van der Waals surface area contributed by atoms with Crippen LogP contribution < -0.4 is 10.2 Å². The molecular formula is C56H107N2O6P. The fourth-order valence-corrected chi connectivity index (χ4v) is 8.63. The first-order valence-corrected chi connectivity index (χ1v) is 29.0. The van der Waals surface area contributed by atoms with Gasteiger partial charge in [0.1, 0.15) is 13.2 Å². The molecule has 0 aliphatic rings. The monoisotopic (exact) mass is 935 g/mol. The number of nitrogens with one attached hydrogen (secondary N) is 1. The van der Waals surface area contributed by atoms with Crippen LogP contribution in [0.15, 0.2) is 48.6 Å². The molecule has 382 valence electrons. The van der Waals surface area contributed by atoms with Crippen LogP contribution in [0.25, 0.3) is 0 Å². The molecule has 0 radical (unpaired) electrons. The minimum absolute atomic E-state index is 0.00644. The number of allylic oxidation sites excluding steroid dienone is 7. The molecule has 0 aliphatic carbocycles. The van der Waals surface area contributed by atoms with E-state index in [1.807, 2.05) is 27.2 Å². The number of carbonyl (C=O) groups excluding carboxylic acids is 1. The largest absolute Gasteiger partial charge is 0.756 e. The second-order valence-electron chi connectivity index (χ2n) is 19.9. The Kier molecular flexibility index (Phi) is 46.4. The second-order valence-corrected chi connectivity index (χ2v) is 21.3. The highest BCUT2D eigenvalue weighted by atomic mass is 31.2. The number of phosphoric acid groups is 1. The van der Waals surface area contributed by atoms with Crippen LogP contribution in [-0.2, 0) is 18.4 Å². The molecule has 3 unspecified atom stereocenters. The van der Waals surface area contributed by atoms with Gasteiger partial charge in [-0.25, -0.2) is 0 Å². The Hall–Kier alpha value is -1.54. The minimum atomic E-state index is -4.60. The van der Waals surface area contributed by atoms with Crippen LogP contribution in [0.5, 0.6) is 0 Å². The Morgan fingerprint density at radius 1 is 0.538 bits per heavy atom. The molecule has 8 nitrogen and oxygen atoms in total. The molecule has 0 aliphatic heterocycles. The summed E-state index contributed by atoms with van der Waals surface area (Å²) in [5.74, 6) is -0.206. The lowest BCUT2D eigenvalue weighted by Gasteiger charge is -2.29. The second kappa shape index (κ2) is 47.5. The van der Waals surface area contributed by atoms with E-state index >= 15 is 0 Å². The van der Waals surface area contributed by atoms with Crippen LogP contribution >= 0.6 is 7.82 Å². The minimum Gasteiger partial charge on any atom is -0.756 e. The zero-order chi connectivity index (χ0) is 47.8. The van der Waals surface area contributed by atoms with E-state index in [0.29, 0.717) is 17.4 Å². The average Bonchev–Trinajstić information content (AvgIpc) is 3.26. The van der Waals surface area contributed by atoms with Crippen molar-refractivity contribution in [2.75, 3.05) is 40.9 Å². The van der Waals surface area contributed by atoms with Crippen LogP contribution in [0, 0.1) is 0 Å². The molecule has 0 fully saturated rings. The van der Waals surface area contributed by atoms with Crippen molar-refractivity contribution < 1.29 is 32.9 Å². The van der Waals surface area contributed by atoms with Crippen molar-refractivity contribution in [2.24, 2.45) is 0 Å². The average molecular weight is 935 g/mol. The summed E-state index contributed by atoms with van der Waals surface area (Å²) in [4.78, 5) is 25.4. The number of nitrogens with zero attached hydrogens (tertiary/aromatic N) is 1. The fraction of sp³-hybridized carbons (Fsp3) is 0.839. The summed E-state index contributed by atoms with van der Waals surface area (Å²) in [5.41, 5.74) is 0. The van der Waals surface area contributed by atoms with E-state index in [2.05, 4.69) is 55.6 Å². The van der Waals surface area contributed by atoms with Gasteiger partial charge in [0, 0.05) is 6.42 Å². The first kappa shape index (κ1) is 63.5. The first-order chi connectivity index (χ1) is 31.5. The molecule has 0 spiro atoms. The predicted octanol–water partition coefficient (Wildman–Crippen LogP) is 15.7. The van der Waals surface area contributed by atoms with Gasteiger partial charge >= 0.3 is 0 Å². The van der Waals surface area contributed by atoms with Gasteiger partial charge in [0.25, 0.3) is 7.82 Å². The molecule has 65 heavy (non-hydrogen) atoms. The lowest BCUT2D eigenvalue weighted by molar-refractivity contribution is -0.870. The summed E-state index contributed by atoms with van der Waals surface area (Å²) in [6, 6.07) is -0.903. The maximum atomic E-state index is 12.9. The van der Waals surface area contributed by atoms with E-state index in [0.717, 1.165) is 44.9 Å². The summed E-state index contributed by atoms with van der Waals surface area (Å²) in [5, 5.41) is 13.8. The summed E-state index contributed by atoms with van der Waals surface area (Å²) in [6.07, 6.45) is 61.8. The Morgan fingerprint density at radius 3 is 1.34 bits per heavy atom. The summed E-state index contributed by atoms with van der Waals surface area (Å²) in [6.45, 7) is 4.63. The molecule has 1 amide bonds. The number of aliphatic hydroxyl groups excluding tert-OH is 1. The number of hydrogen-bond acceptors (Lipinski definition) is 6. The van der Waals surface area contributed by atoms with Crippen molar-refractivity contribution >= 4 is 13.7 Å². The highest BCUT2D eigenvalue weighted by Gasteiger charge is 2.23. The molecule has 3 atom stereocenters. The zero-order valence-electron chi connectivity index (χ0n) is 43.4. The van der Waals surface area contributed by atoms with E-state index in [1.54, 1.807) is 6.08 Å². The molecule has 0 saturated carbocycles. The molecule has 9 heteroatoms. The highest BCUT2D eigenvalue weighted by molar-refractivity contribution is 7.45. The van der Waals surface area contributed by atoms with Crippen LogP contribution in [0.1, 0.15) is 251 Å². The smallest absolute Gasteiger partial charge is 0.268 e. The number of rotatable bonds is 50. The van der Waals surface area contributed by atoms with Gasteiger partial charge in [0.2, 0.25) is 5.91 Å². The van der Waals surface area contributed by atoms with E-state index in [9.17, 15) is 19.4 Å². The third-order valence-corrected chi connectivity index (χ3v) is 13.2. The number of phosphoric ester groups is 1. The molecule has 0 rings (SSSR count). The molecule has 0 heterocycles. The lowest BCUT2D eigenvalue weighted by Crippen LogP contribution is -2.45. The maximum absolute atomic E-state index is 12.9. The third-order valence-electron chi connectivity index (χ3n) is 12.3. The maximum Gasteiger partial charge on any atom is 0.268 e. The van der Waals surface area contributed by atoms with Gasteiger partial charge in [-0.05, 0) is 64.2 Å². The zero-order valence-corrected chi connectivity index (χ0v) is 44.3. The third kappa shape index (κ3) is 50.2. The van der Waals surface area contributed by atoms with Gasteiger partial charge in [-0.3, -0.25) is 9.36 Å². The standard InChI is InChI=1S/C56H107N2O6P/c1-6-8-10-12-14-16-18-20-22-24-25-26-27-28-29-30-31-32-33-34-36-38-40-42-44-46-48-50-56(60)57-54(53-64-65(61,62)63-52-51-58(3,4)5)55(59)49-47-45-43-41-39-37-35-23-21-19-17-15-13-11-9-7-2/h18,20,24-25,39,41,47,49,54-55,59H,6-17,19,21-23,26-38,40,42-46,48,50-53H2,1-5H3,(H-,57,60,61,62)/b20-18-,25-24-,41-39+,49-47+. The van der Waals surface area contributed by atoms with Crippen molar-refractivity contribution in [3.8, 4) is 0 Å². The molecule has 0 aromatic heterocycles. The molecular weight excluding hydrogens is 828 g/mol. The predicted molar refractivity (Wildman–Crippen MR) is 279 cm³/mol. The lowest BCUT2D eigenvalue weighted by atomic mass is 10.0. The van der Waals surface area contributed by atoms with E-state index in [-0.39, 0.29) is 12.5 Å². The molecule has 0 aromatic rings. The molecule has 0 aromatic carbocycles. The van der Waals surface area contributed by atoms with Crippen molar-refractivity contribution in [1.82, 2.24) is 5.32 Å². The molecule has 0 bridgehead atoms. The quantitative estimate of drug-likeness (QED) is 0.0272. The van der Waals surface area contributed by atoms with E-state index in [4.69, 9.17) is 9.05 Å². The van der Waals surface area contributed by atoms with Crippen LogP contribution in [-0.4, -0.2) is 68.5 Å². The van der Waals surface area contributed by atoms with Gasteiger partial charge in [0.15, 0.2) is 0 Å². The number of quaternary nitrogens is 1. The number of unbranched alkanes of at least 4 members (excludes halogenated alkanes) is 31. The van der Waals surface area contributed by atoms with Crippen LogP contribution in [0.3, 0.4) is 0 Å².